The number of carbonyl (C=O) groups excluding carboxylic acids is 2. The highest BCUT2D eigenvalue weighted by Crippen LogP contribution is 2.32. The van der Waals surface area contributed by atoms with Gasteiger partial charge in [-0.1, -0.05) is 5.16 Å². The van der Waals surface area contributed by atoms with Crippen molar-refractivity contribution in [3.05, 3.63) is 18.0 Å². The van der Waals surface area contributed by atoms with Crippen molar-refractivity contribution in [1.82, 2.24) is 19.9 Å². The van der Waals surface area contributed by atoms with Gasteiger partial charge in [0.05, 0.1) is 18.3 Å². The Bertz CT molecular complexity index is 543. The lowest BCUT2D eigenvalue weighted by Gasteiger charge is -2.40. The molecule has 0 aromatic carbocycles. The largest absolute Gasteiger partial charge is 0.351 e. The monoisotopic (exact) mass is 306 g/mol. The van der Waals surface area contributed by atoms with E-state index in [-0.39, 0.29) is 29.7 Å². The van der Waals surface area contributed by atoms with Gasteiger partial charge in [0, 0.05) is 32.1 Å². The van der Waals surface area contributed by atoms with Gasteiger partial charge in [-0.05, 0) is 26.9 Å². The van der Waals surface area contributed by atoms with Crippen molar-refractivity contribution in [2.24, 2.45) is 0 Å². The fourth-order valence-corrected chi connectivity index (χ4v) is 3.47. The molecule has 0 N–H and O–H groups in total. The van der Waals surface area contributed by atoms with Gasteiger partial charge in [-0.25, -0.2) is 0 Å². The minimum absolute atomic E-state index is 0.0949. The van der Waals surface area contributed by atoms with Crippen molar-refractivity contribution in [1.29, 1.82) is 0 Å². The van der Waals surface area contributed by atoms with Crippen molar-refractivity contribution in [2.75, 3.05) is 33.7 Å². The molecule has 7 heteroatoms. The average Bonchev–Trinajstić information content (AvgIpc) is 3.14. The van der Waals surface area contributed by atoms with Crippen LogP contribution in [-0.4, -0.2) is 77.5 Å². The Morgan fingerprint density at radius 1 is 1.41 bits per heavy atom. The number of piperidine rings is 1. The number of likely N-dealkylation sites (tertiary alicyclic amines) is 2. The van der Waals surface area contributed by atoms with E-state index >= 15 is 0 Å². The molecule has 0 radical (unpaired) electrons. The predicted molar refractivity (Wildman–Crippen MR) is 79.2 cm³/mol. The highest BCUT2D eigenvalue weighted by molar-refractivity contribution is 5.92. The fourth-order valence-electron chi connectivity index (χ4n) is 3.47. The summed E-state index contributed by atoms with van der Waals surface area (Å²) < 4.78 is 4.99. The zero-order valence-corrected chi connectivity index (χ0v) is 13.1. The molecule has 2 atom stereocenters. The molecule has 0 aliphatic carbocycles. The summed E-state index contributed by atoms with van der Waals surface area (Å²) in [6, 6.07) is 1.82. The van der Waals surface area contributed by atoms with Gasteiger partial charge in [-0.3, -0.25) is 9.59 Å². The summed E-state index contributed by atoms with van der Waals surface area (Å²) in [5, 5.41) is 3.60. The van der Waals surface area contributed by atoms with Crippen LogP contribution in [0.5, 0.6) is 0 Å². The number of rotatable bonds is 4. The lowest BCUT2D eigenvalue weighted by Crippen LogP contribution is -2.54. The van der Waals surface area contributed by atoms with E-state index in [2.05, 4.69) is 10.1 Å². The summed E-state index contributed by atoms with van der Waals surface area (Å²) in [4.78, 5) is 30.6. The Morgan fingerprint density at radius 3 is 2.91 bits per heavy atom. The average molecular weight is 306 g/mol. The van der Waals surface area contributed by atoms with Crippen molar-refractivity contribution < 1.29 is 14.1 Å². The van der Waals surface area contributed by atoms with Crippen LogP contribution in [0.3, 0.4) is 0 Å². The second-order valence-corrected chi connectivity index (χ2v) is 6.23. The highest BCUT2D eigenvalue weighted by atomic mass is 16.5. The first-order valence-electron chi connectivity index (χ1n) is 7.74. The van der Waals surface area contributed by atoms with Crippen molar-refractivity contribution >= 4 is 11.8 Å². The van der Waals surface area contributed by atoms with E-state index in [1.807, 2.05) is 23.9 Å². The molecule has 3 heterocycles. The van der Waals surface area contributed by atoms with E-state index in [1.165, 1.54) is 6.20 Å². The Labute approximate surface area is 129 Å². The maximum atomic E-state index is 12.5. The lowest BCUT2D eigenvalue weighted by atomic mass is 9.96. The van der Waals surface area contributed by atoms with E-state index in [4.69, 9.17) is 4.52 Å². The van der Waals surface area contributed by atoms with Gasteiger partial charge in [0.2, 0.25) is 11.7 Å². The number of carbonyl (C=O) groups is 2. The Balaban J connectivity index is 1.72. The number of hydrogen-bond acceptors (Lipinski definition) is 5. The Hall–Kier alpha value is -1.89. The molecule has 22 heavy (non-hydrogen) atoms. The van der Waals surface area contributed by atoms with Crippen LogP contribution in [0.1, 0.15) is 29.8 Å². The first-order chi connectivity index (χ1) is 10.6. The van der Waals surface area contributed by atoms with Crippen molar-refractivity contribution in [3.8, 4) is 0 Å². The summed E-state index contributed by atoms with van der Waals surface area (Å²) in [5.41, 5.74) is 0. The minimum Gasteiger partial charge on any atom is -0.351 e. The van der Waals surface area contributed by atoms with E-state index in [0.717, 1.165) is 25.9 Å². The molecule has 2 saturated heterocycles. The zero-order valence-electron chi connectivity index (χ0n) is 13.1. The normalized spacial score (nSPS) is 25.0. The van der Waals surface area contributed by atoms with Crippen LogP contribution in [0.15, 0.2) is 16.8 Å². The van der Waals surface area contributed by atoms with Gasteiger partial charge >= 0.3 is 0 Å². The Kier molecular flexibility index (Phi) is 4.15. The van der Waals surface area contributed by atoms with E-state index < -0.39 is 0 Å². The first-order valence-corrected chi connectivity index (χ1v) is 7.74. The smallest absolute Gasteiger partial charge is 0.292 e. The molecule has 2 aliphatic heterocycles. The number of fused-ring (bicyclic) bond motifs is 1. The molecule has 2 fully saturated rings. The molecule has 3 rings (SSSR count). The number of hydrogen-bond donors (Lipinski definition) is 0. The summed E-state index contributed by atoms with van der Waals surface area (Å²) in [5.74, 6) is 0.362. The third-order valence-corrected chi connectivity index (χ3v) is 4.58. The number of nitrogens with zero attached hydrogens (tertiary/aromatic N) is 4. The van der Waals surface area contributed by atoms with Gasteiger partial charge in [-0.2, -0.15) is 0 Å². The highest BCUT2D eigenvalue weighted by Gasteiger charge is 2.45. The van der Waals surface area contributed by atoms with Crippen molar-refractivity contribution in [2.45, 2.75) is 31.3 Å². The van der Waals surface area contributed by atoms with Crippen LogP contribution >= 0.6 is 0 Å². The summed E-state index contributed by atoms with van der Waals surface area (Å²) in [6.45, 7) is 2.23. The molecular weight excluding hydrogens is 284 g/mol. The first kappa shape index (κ1) is 15.0. The topological polar surface area (TPSA) is 69.9 Å². The SMILES string of the molecule is CN(C)CCN1C(=O)CC[C@@H]2[C@H]1CCN2C(=O)c1ccno1. The molecule has 0 saturated carbocycles. The van der Waals surface area contributed by atoms with Crippen LogP contribution in [0, 0.1) is 0 Å². The molecule has 1 aromatic rings. The van der Waals surface area contributed by atoms with E-state index in [0.29, 0.717) is 13.0 Å². The summed E-state index contributed by atoms with van der Waals surface area (Å²) in [7, 11) is 4.00. The maximum absolute atomic E-state index is 12.5. The van der Waals surface area contributed by atoms with Gasteiger partial charge in [0.25, 0.3) is 5.91 Å². The quantitative estimate of drug-likeness (QED) is 0.807. The molecular formula is C15H22N4O3. The molecule has 0 bridgehead atoms. The summed E-state index contributed by atoms with van der Waals surface area (Å²) in [6.07, 6.45) is 3.56. The zero-order chi connectivity index (χ0) is 15.7. The van der Waals surface area contributed by atoms with Gasteiger partial charge in [0.15, 0.2) is 0 Å². The molecule has 0 spiro atoms. The second kappa shape index (κ2) is 6.08. The molecule has 1 aromatic heterocycles. The molecule has 0 unspecified atom stereocenters. The standard InChI is InChI=1S/C15H22N4O3/c1-17(2)9-10-18-12-6-8-19(11(12)3-4-14(18)20)15(21)13-5-7-16-22-13/h5,7,11-12H,3-4,6,8-10H2,1-2H3/t11-,12-/m1/s1. The van der Waals surface area contributed by atoms with Crippen LogP contribution in [0.2, 0.25) is 0 Å². The van der Waals surface area contributed by atoms with Crippen LogP contribution in [0.25, 0.3) is 0 Å². The van der Waals surface area contributed by atoms with Crippen LogP contribution in [-0.2, 0) is 4.79 Å². The molecule has 120 valence electrons. The molecule has 2 aliphatic rings. The van der Waals surface area contributed by atoms with E-state index in [9.17, 15) is 9.59 Å². The molecule has 2 amide bonds. The predicted octanol–water partition coefficient (Wildman–Crippen LogP) is 0.442. The number of aromatic nitrogens is 1. The lowest BCUT2D eigenvalue weighted by molar-refractivity contribution is -0.137. The second-order valence-electron chi connectivity index (χ2n) is 6.23. The Morgan fingerprint density at radius 2 is 2.23 bits per heavy atom. The van der Waals surface area contributed by atoms with Crippen LogP contribution < -0.4 is 0 Å². The van der Waals surface area contributed by atoms with Gasteiger partial charge < -0.3 is 19.2 Å². The van der Waals surface area contributed by atoms with E-state index in [1.54, 1.807) is 6.07 Å². The minimum atomic E-state index is -0.119. The third-order valence-electron chi connectivity index (χ3n) is 4.58. The third kappa shape index (κ3) is 2.72. The van der Waals surface area contributed by atoms with Gasteiger partial charge in [0.1, 0.15) is 0 Å². The fraction of sp³-hybridized carbons (Fsp3) is 0.667. The molecule has 7 nitrogen and oxygen atoms in total. The maximum Gasteiger partial charge on any atom is 0.292 e. The number of likely N-dealkylation sites (N-methyl/N-ethyl adjacent to an activating group) is 1. The van der Waals surface area contributed by atoms with Gasteiger partial charge in [-0.15, -0.1) is 0 Å². The van der Waals surface area contributed by atoms with Crippen LogP contribution in [0.4, 0.5) is 0 Å². The van der Waals surface area contributed by atoms with Crippen molar-refractivity contribution in [3.63, 3.8) is 0 Å². The number of amides is 2. The summed E-state index contributed by atoms with van der Waals surface area (Å²) >= 11 is 0.